The van der Waals surface area contributed by atoms with Gasteiger partial charge in [-0.3, -0.25) is 0 Å². The van der Waals surface area contributed by atoms with Crippen molar-refractivity contribution in [1.82, 2.24) is 10.1 Å². The van der Waals surface area contributed by atoms with Crippen molar-refractivity contribution >= 4 is 17.6 Å². The van der Waals surface area contributed by atoms with Crippen LogP contribution >= 0.6 is 11.6 Å². The fraction of sp³-hybridized carbons (Fsp3) is 0.273. The Hall–Kier alpha value is -1.59. The SMILES string of the molecule is COCCNc1nc(-c2cccc(Cl)c2)no1. The Bertz CT molecular complexity index is 487. The van der Waals surface area contributed by atoms with Crippen LogP contribution in [0.15, 0.2) is 28.8 Å². The zero-order valence-corrected chi connectivity index (χ0v) is 10.1. The average Bonchev–Trinajstić information content (AvgIpc) is 2.78. The van der Waals surface area contributed by atoms with Crippen LogP contribution in [0.5, 0.6) is 0 Å². The van der Waals surface area contributed by atoms with Crippen LogP contribution in [0.2, 0.25) is 5.02 Å². The molecule has 0 atom stereocenters. The number of methoxy groups -OCH3 is 1. The predicted octanol–water partition coefficient (Wildman–Crippen LogP) is 2.45. The van der Waals surface area contributed by atoms with Crippen molar-refractivity contribution in [3.8, 4) is 11.4 Å². The third kappa shape index (κ3) is 3.18. The second kappa shape index (κ2) is 5.65. The highest BCUT2D eigenvalue weighted by Crippen LogP contribution is 2.20. The Morgan fingerprint density at radius 2 is 2.35 bits per heavy atom. The lowest BCUT2D eigenvalue weighted by molar-refractivity contribution is 0.210. The molecule has 0 fully saturated rings. The van der Waals surface area contributed by atoms with Gasteiger partial charge in [-0.25, -0.2) is 0 Å². The minimum Gasteiger partial charge on any atom is -0.383 e. The third-order valence-corrected chi connectivity index (χ3v) is 2.33. The number of benzene rings is 1. The van der Waals surface area contributed by atoms with Crippen molar-refractivity contribution < 1.29 is 9.26 Å². The van der Waals surface area contributed by atoms with Crippen LogP contribution in [0, 0.1) is 0 Å². The molecule has 1 N–H and O–H groups in total. The minimum atomic E-state index is 0.372. The number of ether oxygens (including phenoxy) is 1. The van der Waals surface area contributed by atoms with E-state index in [-0.39, 0.29) is 0 Å². The van der Waals surface area contributed by atoms with Gasteiger partial charge in [0.1, 0.15) is 0 Å². The Morgan fingerprint density at radius 3 is 3.12 bits per heavy atom. The molecule has 1 heterocycles. The molecule has 0 amide bonds. The maximum absolute atomic E-state index is 5.89. The fourth-order valence-electron chi connectivity index (χ4n) is 1.30. The Morgan fingerprint density at radius 1 is 1.47 bits per heavy atom. The molecule has 0 radical (unpaired) electrons. The van der Waals surface area contributed by atoms with Gasteiger partial charge < -0.3 is 14.6 Å². The van der Waals surface area contributed by atoms with E-state index >= 15 is 0 Å². The Kier molecular flexibility index (Phi) is 3.95. The standard InChI is InChI=1S/C11H12ClN3O2/c1-16-6-5-13-11-14-10(15-17-11)8-3-2-4-9(12)7-8/h2-4,7H,5-6H2,1H3,(H,13,14,15). The lowest BCUT2D eigenvalue weighted by Gasteiger charge is -1.97. The van der Waals surface area contributed by atoms with E-state index in [0.717, 1.165) is 5.56 Å². The molecule has 6 heteroatoms. The van der Waals surface area contributed by atoms with Crippen molar-refractivity contribution in [3.05, 3.63) is 29.3 Å². The van der Waals surface area contributed by atoms with Gasteiger partial charge in [0.05, 0.1) is 6.61 Å². The van der Waals surface area contributed by atoms with Crippen LogP contribution in [0.4, 0.5) is 6.01 Å². The zero-order chi connectivity index (χ0) is 12.1. The molecule has 2 aromatic rings. The maximum Gasteiger partial charge on any atom is 0.321 e. The molecular formula is C11H12ClN3O2. The number of aromatic nitrogens is 2. The van der Waals surface area contributed by atoms with Gasteiger partial charge in [0, 0.05) is 24.2 Å². The zero-order valence-electron chi connectivity index (χ0n) is 9.31. The minimum absolute atomic E-state index is 0.372. The van der Waals surface area contributed by atoms with Gasteiger partial charge in [-0.1, -0.05) is 28.9 Å². The van der Waals surface area contributed by atoms with E-state index in [1.807, 2.05) is 12.1 Å². The van der Waals surface area contributed by atoms with Gasteiger partial charge in [0.15, 0.2) is 0 Å². The fourth-order valence-corrected chi connectivity index (χ4v) is 1.49. The summed E-state index contributed by atoms with van der Waals surface area (Å²) in [6.07, 6.45) is 0. The molecule has 1 aromatic heterocycles. The molecule has 90 valence electrons. The molecule has 0 aliphatic carbocycles. The lowest BCUT2D eigenvalue weighted by Crippen LogP contribution is -2.07. The van der Waals surface area contributed by atoms with Crippen molar-refractivity contribution in [2.24, 2.45) is 0 Å². The molecule has 0 aliphatic heterocycles. The first-order valence-corrected chi connectivity index (χ1v) is 5.50. The van der Waals surface area contributed by atoms with E-state index in [9.17, 15) is 0 Å². The Labute approximate surface area is 104 Å². The number of halogens is 1. The molecule has 17 heavy (non-hydrogen) atoms. The third-order valence-electron chi connectivity index (χ3n) is 2.09. The van der Waals surface area contributed by atoms with Crippen molar-refractivity contribution in [1.29, 1.82) is 0 Å². The first-order valence-electron chi connectivity index (χ1n) is 5.12. The van der Waals surface area contributed by atoms with Gasteiger partial charge in [0.2, 0.25) is 5.82 Å². The topological polar surface area (TPSA) is 60.2 Å². The summed E-state index contributed by atoms with van der Waals surface area (Å²) in [5.41, 5.74) is 0.820. The summed E-state index contributed by atoms with van der Waals surface area (Å²) >= 11 is 5.89. The molecule has 0 saturated carbocycles. The number of nitrogens with zero attached hydrogens (tertiary/aromatic N) is 2. The lowest BCUT2D eigenvalue weighted by atomic mass is 10.2. The van der Waals surface area contributed by atoms with Gasteiger partial charge in [-0.2, -0.15) is 4.98 Å². The first kappa shape index (κ1) is 11.9. The summed E-state index contributed by atoms with van der Waals surface area (Å²) in [6, 6.07) is 7.66. The quantitative estimate of drug-likeness (QED) is 0.830. The largest absolute Gasteiger partial charge is 0.383 e. The van der Waals surface area contributed by atoms with Gasteiger partial charge >= 0.3 is 6.01 Å². The summed E-state index contributed by atoms with van der Waals surface area (Å²) in [5, 5.41) is 7.45. The van der Waals surface area contributed by atoms with E-state index < -0.39 is 0 Å². The predicted molar refractivity (Wildman–Crippen MR) is 65.1 cm³/mol. The summed E-state index contributed by atoms with van der Waals surface area (Å²) in [7, 11) is 1.63. The molecule has 0 saturated heterocycles. The number of hydrogen-bond donors (Lipinski definition) is 1. The second-order valence-electron chi connectivity index (χ2n) is 3.35. The Balaban J connectivity index is 2.07. The second-order valence-corrected chi connectivity index (χ2v) is 3.79. The molecule has 5 nitrogen and oxygen atoms in total. The van der Waals surface area contributed by atoms with Crippen LogP contribution in [0.3, 0.4) is 0 Å². The molecule has 0 unspecified atom stereocenters. The van der Waals surface area contributed by atoms with Crippen LogP contribution in [0.25, 0.3) is 11.4 Å². The normalized spacial score (nSPS) is 10.5. The number of anilines is 1. The van der Waals surface area contributed by atoms with Gasteiger partial charge in [-0.05, 0) is 12.1 Å². The van der Waals surface area contributed by atoms with Crippen LogP contribution in [-0.2, 0) is 4.74 Å². The maximum atomic E-state index is 5.89. The summed E-state index contributed by atoms with van der Waals surface area (Å²) < 4.78 is 9.94. The van der Waals surface area contributed by atoms with E-state index in [0.29, 0.717) is 30.0 Å². The molecule has 0 bridgehead atoms. The van der Waals surface area contributed by atoms with Crippen molar-refractivity contribution in [2.75, 3.05) is 25.6 Å². The summed E-state index contributed by atoms with van der Waals surface area (Å²) in [4.78, 5) is 4.19. The molecule has 2 rings (SSSR count). The monoisotopic (exact) mass is 253 g/mol. The first-order chi connectivity index (χ1) is 8.29. The van der Waals surface area contributed by atoms with Crippen molar-refractivity contribution in [2.45, 2.75) is 0 Å². The van der Waals surface area contributed by atoms with Crippen LogP contribution in [0.1, 0.15) is 0 Å². The number of nitrogens with one attached hydrogen (secondary N) is 1. The highest BCUT2D eigenvalue weighted by Gasteiger charge is 2.07. The molecule has 1 aromatic carbocycles. The molecule has 0 aliphatic rings. The average molecular weight is 254 g/mol. The van der Waals surface area contributed by atoms with Crippen LogP contribution in [-0.4, -0.2) is 30.4 Å². The van der Waals surface area contributed by atoms with E-state index in [1.54, 1.807) is 19.2 Å². The number of rotatable bonds is 5. The van der Waals surface area contributed by atoms with E-state index in [4.69, 9.17) is 20.9 Å². The highest BCUT2D eigenvalue weighted by molar-refractivity contribution is 6.30. The van der Waals surface area contributed by atoms with Crippen LogP contribution < -0.4 is 5.32 Å². The summed E-state index contributed by atoms with van der Waals surface area (Å²) in [6.45, 7) is 1.20. The molecular weight excluding hydrogens is 242 g/mol. The number of hydrogen-bond acceptors (Lipinski definition) is 5. The van der Waals surface area contributed by atoms with E-state index in [2.05, 4.69) is 15.5 Å². The van der Waals surface area contributed by atoms with Gasteiger partial charge in [-0.15, -0.1) is 0 Å². The van der Waals surface area contributed by atoms with E-state index in [1.165, 1.54) is 0 Å². The van der Waals surface area contributed by atoms with Crippen molar-refractivity contribution in [3.63, 3.8) is 0 Å². The smallest absolute Gasteiger partial charge is 0.321 e. The summed E-state index contributed by atoms with van der Waals surface area (Å²) in [5.74, 6) is 0.507. The highest BCUT2D eigenvalue weighted by atomic mass is 35.5. The molecule has 0 spiro atoms. The van der Waals surface area contributed by atoms with Gasteiger partial charge in [0.25, 0.3) is 0 Å².